The van der Waals surface area contributed by atoms with E-state index in [1.165, 1.54) is 12.1 Å². The number of carboxylic acid groups (broad SMARTS) is 1. The second-order valence-electron chi connectivity index (χ2n) is 6.20. The van der Waals surface area contributed by atoms with E-state index in [1.807, 2.05) is 0 Å². The standard InChI is InChI=1S/C18H18FNO4/c1-18(2,3)24-17(23)20-13-7-4-11(5-8-13)14-9-6-12(19)10-15(14)16(21)22/h4-10H,1-3H3,(H,20,23)(H,21,22). The lowest BCUT2D eigenvalue weighted by atomic mass is 9.99. The van der Waals surface area contributed by atoms with E-state index in [-0.39, 0.29) is 5.56 Å². The Balaban J connectivity index is 2.21. The monoisotopic (exact) mass is 331 g/mol. The molecule has 0 aromatic heterocycles. The molecule has 2 N–H and O–H groups in total. The predicted molar refractivity (Wildman–Crippen MR) is 88.7 cm³/mol. The van der Waals surface area contributed by atoms with Crippen LogP contribution in [0.15, 0.2) is 42.5 Å². The lowest BCUT2D eigenvalue weighted by molar-refractivity contribution is 0.0634. The smallest absolute Gasteiger partial charge is 0.412 e. The van der Waals surface area contributed by atoms with Crippen LogP contribution in [-0.2, 0) is 4.74 Å². The number of amides is 1. The van der Waals surface area contributed by atoms with Crippen LogP contribution in [0.1, 0.15) is 31.1 Å². The Morgan fingerprint density at radius 1 is 1.08 bits per heavy atom. The number of benzene rings is 2. The molecular formula is C18H18FNO4. The number of carbonyl (C=O) groups excluding carboxylic acids is 1. The number of anilines is 1. The minimum Gasteiger partial charge on any atom is -0.478 e. The van der Waals surface area contributed by atoms with Crippen LogP contribution < -0.4 is 5.32 Å². The summed E-state index contributed by atoms with van der Waals surface area (Å²) in [5.41, 5.74) is 0.777. The van der Waals surface area contributed by atoms with E-state index in [1.54, 1.807) is 45.0 Å². The van der Waals surface area contributed by atoms with E-state index in [2.05, 4.69) is 5.32 Å². The topological polar surface area (TPSA) is 75.6 Å². The summed E-state index contributed by atoms with van der Waals surface area (Å²) in [4.78, 5) is 23.0. The van der Waals surface area contributed by atoms with Crippen LogP contribution in [0.2, 0.25) is 0 Å². The van der Waals surface area contributed by atoms with Crippen LogP contribution in [0.25, 0.3) is 11.1 Å². The Morgan fingerprint density at radius 2 is 1.71 bits per heavy atom. The average molecular weight is 331 g/mol. The Kier molecular flexibility index (Phi) is 4.87. The summed E-state index contributed by atoms with van der Waals surface area (Å²) >= 11 is 0. The molecule has 1 amide bonds. The third-order valence-electron chi connectivity index (χ3n) is 3.05. The molecule has 24 heavy (non-hydrogen) atoms. The predicted octanol–water partition coefficient (Wildman–Crippen LogP) is 4.54. The van der Waals surface area contributed by atoms with Gasteiger partial charge in [0.15, 0.2) is 0 Å². The molecule has 0 aliphatic carbocycles. The van der Waals surface area contributed by atoms with Crippen LogP contribution in [0.4, 0.5) is 14.9 Å². The van der Waals surface area contributed by atoms with Crippen molar-refractivity contribution in [3.8, 4) is 11.1 Å². The molecule has 0 aliphatic heterocycles. The number of halogens is 1. The van der Waals surface area contributed by atoms with Crippen LogP contribution >= 0.6 is 0 Å². The van der Waals surface area contributed by atoms with E-state index in [9.17, 15) is 19.1 Å². The van der Waals surface area contributed by atoms with Gasteiger partial charge in [0.1, 0.15) is 11.4 Å². The van der Waals surface area contributed by atoms with Crippen LogP contribution in [0.3, 0.4) is 0 Å². The highest BCUT2D eigenvalue weighted by Crippen LogP contribution is 2.26. The molecule has 0 atom stereocenters. The van der Waals surface area contributed by atoms with Crippen molar-refractivity contribution in [1.29, 1.82) is 0 Å². The van der Waals surface area contributed by atoms with Gasteiger partial charge >= 0.3 is 12.1 Å². The first-order valence-electron chi connectivity index (χ1n) is 7.29. The van der Waals surface area contributed by atoms with Crippen molar-refractivity contribution < 1.29 is 23.8 Å². The molecule has 0 spiro atoms. The molecule has 0 saturated carbocycles. The van der Waals surface area contributed by atoms with Crippen molar-refractivity contribution in [2.24, 2.45) is 0 Å². The Labute approximate surface area is 139 Å². The first-order chi connectivity index (χ1) is 11.2. The molecular weight excluding hydrogens is 313 g/mol. The number of nitrogens with one attached hydrogen (secondary N) is 1. The number of ether oxygens (including phenoxy) is 1. The van der Waals surface area contributed by atoms with Gasteiger partial charge < -0.3 is 9.84 Å². The van der Waals surface area contributed by atoms with Crippen LogP contribution in [0.5, 0.6) is 0 Å². The second-order valence-corrected chi connectivity index (χ2v) is 6.20. The zero-order valence-electron chi connectivity index (χ0n) is 13.6. The molecule has 0 aliphatic rings. The highest BCUT2D eigenvalue weighted by atomic mass is 19.1. The number of hydrogen-bond acceptors (Lipinski definition) is 3. The fourth-order valence-electron chi connectivity index (χ4n) is 2.10. The maximum absolute atomic E-state index is 13.2. The summed E-state index contributed by atoms with van der Waals surface area (Å²) in [6, 6.07) is 10.1. The number of aromatic carboxylic acids is 1. The van der Waals surface area contributed by atoms with Gasteiger partial charge in [0, 0.05) is 5.69 Å². The normalized spacial score (nSPS) is 11.0. The molecule has 0 unspecified atom stereocenters. The first-order valence-corrected chi connectivity index (χ1v) is 7.29. The van der Waals surface area contributed by atoms with Gasteiger partial charge in [-0.25, -0.2) is 14.0 Å². The zero-order chi connectivity index (χ0) is 17.9. The maximum atomic E-state index is 13.2. The number of rotatable bonds is 3. The molecule has 0 fully saturated rings. The van der Waals surface area contributed by atoms with Gasteiger partial charge in [-0.15, -0.1) is 0 Å². The highest BCUT2D eigenvalue weighted by Gasteiger charge is 2.16. The summed E-state index contributed by atoms with van der Waals surface area (Å²) in [6.07, 6.45) is -0.580. The molecule has 2 aromatic rings. The van der Waals surface area contributed by atoms with Gasteiger partial charge in [-0.1, -0.05) is 18.2 Å². The molecule has 0 heterocycles. The Morgan fingerprint density at radius 3 is 2.25 bits per heavy atom. The summed E-state index contributed by atoms with van der Waals surface area (Å²) in [6.45, 7) is 5.28. The minimum atomic E-state index is -1.21. The van der Waals surface area contributed by atoms with Crippen molar-refractivity contribution >= 4 is 17.7 Å². The van der Waals surface area contributed by atoms with Crippen LogP contribution in [-0.4, -0.2) is 22.8 Å². The molecule has 0 bridgehead atoms. The van der Waals surface area contributed by atoms with Crippen molar-refractivity contribution in [1.82, 2.24) is 0 Å². The Bertz CT molecular complexity index is 764. The third kappa shape index (κ3) is 4.55. The van der Waals surface area contributed by atoms with Crippen molar-refractivity contribution in [3.63, 3.8) is 0 Å². The number of hydrogen-bond donors (Lipinski definition) is 2. The van der Waals surface area contributed by atoms with Gasteiger partial charge in [-0.2, -0.15) is 0 Å². The summed E-state index contributed by atoms with van der Waals surface area (Å²) in [5.74, 6) is -1.82. The molecule has 126 valence electrons. The summed E-state index contributed by atoms with van der Waals surface area (Å²) in [7, 11) is 0. The average Bonchev–Trinajstić information content (AvgIpc) is 2.46. The van der Waals surface area contributed by atoms with Crippen LogP contribution in [0, 0.1) is 5.82 Å². The van der Waals surface area contributed by atoms with Gasteiger partial charge in [0.05, 0.1) is 5.56 Å². The quantitative estimate of drug-likeness (QED) is 0.866. The maximum Gasteiger partial charge on any atom is 0.412 e. The van der Waals surface area contributed by atoms with E-state index in [4.69, 9.17) is 4.74 Å². The van der Waals surface area contributed by atoms with Gasteiger partial charge in [0.25, 0.3) is 0 Å². The number of carboxylic acids is 1. The summed E-state index contributed by atoms with van der Waals surface area (Å²) in [5, 5.41) is 11.8. The fraction of sp³-hybridized carbons (Fsp3) is 0.222. The third-order valence-corrected chi connectivity index (χ3v) is 3.05. The SMILES string of the molecule is CC(C)(C)OC(=O)Nc1ccc(-c2ccc(F)cc2C(=O)O)cc1. The van der Waals surface area contributed by atoms with Gasteiger partial charge in [0.2, 0.25) is 0 Å². The molecule has 2 rings (SSSR count). The van der Waals surface area contributed by atoms with E-state index >= 15 is 0 Å². The molecule has 5 nitrogen and oxygen atoms in total. The molecule has 6 heteroatoms. The lowest BCUT2D eigenvalue weighted by Gasteiger charge is -2.19. The largest absolute Gasteiger partial charge is 0.478 e. The van der Waals surface area contributed by atoms with Crippen molar-refractivity contribution in [3.05, 3.63) is 53.8 Å². The molecule has 0 saturated heterocycles. The van der Waals surface area contributed by atoms with E-state index < -0.39 is 23.5 Å². The Hall–Kier alpha value is -2.89. The number of carbonyl (C=O) groups is 2. The van der Waals surface area contributed by atoms with Gasteiger partial charge in [-0.05, 0) is 56.2 Å². The second kappa shape index (κ2) is 6.70. The van der Waals surface area contributed by atoms with E-state index in [0.717, 1.165) is 6.07 Å². The highest BCUT2D eigenvalue weighted by molar-refractivity contribution is 5.96. The minimum absolute atomic E-state index is 0.122. The molecule has 2 aromatic carbocycles. The van der Waals surface area contributed by atoms with Crippen molar-refractivity contribution in [2.45, 2.75) is 26.4 Å². The first kappa shape index (κ1) is 17.5. The fourth-order valence-corrected chi connectivity index (χ4v) is 2.10. The van der Waals surface area contributed by atoms with Crippen molar-refractivity contribution in [2.75, 3.05) is 5.32 Å². The lowest BCUT2D eigenvalue weighted by Crippen LogP contribution is -2.27. The zero-order valence-corrected chi connectivity index (χ0v) is 13.6. The van der Waals surface area contributed by atoms with Gasteiger partial charge in [-0.3, -0.25) is 5.32 Å². The molecule has 0 radical (unpaired) electrons. The van der Waals surface area contributed by atoms with E-state index in [0.29, 0.717) is 16.8 Å². The summed E-state index contributed by atoms with van der Waals surface area (Å²) < 4.78 is 18.4.